The second-order valence-corrected chi connectivity index (χ2v) is 5.45. The van der Waals surface area contributed by atoms with Crippen LogP contribution in [-0.2, 0) is 16.0 Å². The summed E-state index contributed by atoms with van der Waals surface area (Å²) in [6.07, 6.45) is 5.89. The van der Waals surface area contributed by atoms with Crippen molar-refractivity contribution in [3.8, 4) is 11.4 Å². The first-order valence-corrected chi connectivity index (χ1v) is 7.67. The second kappa shape index (κ2) is 7.43. The molecule has 3 rings (SSSR count). The molecule has 3 aromatic rings. The molecular weight excluding hydrogens is 338 g/mol. The number of Topliss-reactive ketones (excluding diaryl/α,β-unsaturated/α-hetero) is 1. The number of rotatable bonds is 7. The van der Waals surface area contributed by atoms with Gasteiger partial charge >= 0.3 is 0 Å². The maximum atomic E-state index is 12.6. The van der Waals surface area contributed by atoms with Crippen LogP contribution in [0.2, 0.25) is 0 Å². The number of furan rings is 1. The van der Waals surface area contributed by atoms with E-state index in [1.807, 2.05) is 0 Å². The van der Waals surface area contributed by atoms with Crippen molar-refractivity contribution >= 4 is 17.6 Å². The zero-order valence-electron chi connectivity index (χ0n) is 13.5. The van der Waals surface area contributed by atoms with E-state index in [4.69, 9.17) is 10.2 Å². The third kappa shape index (κ3) is 3.66. The molecule has 0 saturated carbocycles. The molecule has 0 aliphatic heterocycles. The molecule has 9 heteroatoms. The molecule has 26 heavy (non-hydrogen) atoms. The summed E-state index contributed by atoms with van der Waals surface area (Å²) in [6.45, 7) is 0. The van der Waals surface area contributed by atoms with Gasteiger partial charge in [-0.15, -0.1) is 0 Å². The zero-order chi connectivity index (χ0) is 18.5. The van der Waals surface area contributed by atoms with Crippen molar-refractivity contribution in [2.75, 3.05) is 0 Å². The molecule has 0 radical (unpaired) electrons. The number of amides is 2. The van der Waals surface area contributed by atoms with Crippen LogP contribution in [0, 0.1) is 0 Å². The van der Waals surface area contributed by atoms with Gasteiger partial charge in [-0.1, -0.05) is 6.07 Å². The largest absolute Gasteiger partial charge is 0.472 e. The SMILES string of the molecule is NC(=O)C(=O)C(Cc1ccoc1)NC(=O)c1c[nH]nc1-c1ccccn1. The predicted molar refractivity (Wildman–Crippen MR) is 89.7 cm³/mol. The van der Waals surface area contributed by atoms with Gasteiger partial charge in [0, 0.05) is 18.8 Å². The average Bonchev–Trinajstić information content (AvgIpc) is 3.32. The monoisotopic (exact) mass is 353 g/mol. The number of ketones is 1. The number of hydrogen-bond donors (Lipinski definition) is 3. The molecule has 132 valence electrons. The Balaban J connectivity index is 1.83. The van der Waals surface area contributed by atoms with E-state index >= 15 is 0 Å². The zero-order valence-corrected chi connectivity index (χ0v) is 13.5. The number of aromatic nitrogens is 3. The number of nitrogens with zero attached hydrogens (tertiary/aromatic N) is 2. The van der Waals surface area contributed by atoms with Crippen molar-refractivity contribution in [3.63, 3.8) is 0 Å². The van der Waals surface area contributed by atoms with E-state index in [0.29, 0.717) is 17.0 Å². The highest BCUT2D eigenvalue weighted by molar-refractivity contribution is 6.38. The minimum absolute atomic E-state index is 0.0702. The molecule has 0 spiro atoms. The Morgan fingerprint density at radius 3 is 2.77 bits per heavy atom. The van der Waals surface area contributed by atoms with Gasteiger partial charge < -0.3 is 15.5 Å². The number of carbonyl (C=O) groups is 3. The van der Waals surface area contributed by atoms with E-state index in [9.17, 15) is 14.4 Å². The van der Waals surface area contributed by atoms with Gasteiger partial charge in [0.25, 0.3) is 11.8 Å². The number of hydrogen-bond acceptors (Lipinski definition) is 6. The molecular formula is C17H15N5O4. The minimum atomic E-state index is -1.13. The maximum absolute atomic E-state index is 12.6. The summed E-state index contributed by atoms with van der Waals surface area (Å²) in [6, 6.07) is 5.71. The molecule has 0 fully saturated rings. The van der Waals surface area contributed by atoms with Gasteiger partial charge in [-0.3, -0.25) is 24.5 Å². The number of carbonyl (C=O) groups excluding carboxylic acids is 3. The molecule has 1 atom stereocenters. The van der Waals surface area contributed by atoms with Gasteiger partial charge in [0.05, 0.1) is 23.8 Å². The van der Waals surface area contributed by atoms with E-state index in [1.54, 1.807) is 30.5 Å². The first-order valence-electron chi connectivity index (χ1n) is 7.67. The molecule has 9 nitrogen and oxygen atoms in total. The van der Waals surface area contributed by atoms with Gasteiger partial charge in [0.1, 0.15) is 11.7 Å². The second-order valence-electron chi connectivity index (χ2n) is 5.45. The summed E-state index contributed by atoms with van der Waals surface area (Å²) in [7, 11) is 0. The molecule has 0 aliphatic carbocycles. The molecule has 0 aliphatic rings. The van der Waals surface area contributed by atoms with Gasteiger partial charge in [0.15, 0.2) is 0 Å². The predicted octanol–water partition coefficient (Wildman–Crippen LogP) is 0.460. The highest BCUT2D eigenvalue weighted by Gasteiger charge is 2.27. The smallest absolute Gasteiger partial charge is 0.287 e. The highest BCUT2D eigenvalue weighted by atomic mass is 16.3. The molecule has 0 saturated heterocycles. The molecule has 4 N–H and O–H groups in total. The Bertz CT molecular complexity index is 918. The van der Waals surface area contributed by atoms with Gasteiger partial charge in [-0.05, 0) is 23.8 Å². The normalized spacial score (nSPS) is 11.7. The van der Waals surface area contributed by atoms with E-state index in [2.05, 4.69) is 20.5 Å². The first-order chi connectivity index (χ1) is 12.6. The van der Waals surface area contributed by atoms with Crippen LogP contribution in [0.4, 0.5) is 0 Å². The Morgan fingerprint density at radius 2 is 2.12 bits per heavy atom. The summed E-state index contributed by atoms with van der Waals surface area (Å²) in [4.78, 5) is 40.2. The van der Waals surface area contributed by atoms with E-state index in [-0.39, 0.29) is 12.0 Å². The summed E-state index contributed by atoms with van der Waals surface area (Å²) in [5, 5.41) is 9.17. The molecule has 0 aromatic carbocycles. The fourth-order valence-corrected chi connectivity index (χ4v) is 2.42. The lowest BCUT2D eigenvalue weighted by atomic mass is 10.0. The number of nitrogens with two attached hydrogens (primary N) is 1. The summed E-state index contributed by atoms with van der Waals surface area (Å²) < 4.78 is 4.95. The number of nitrogens with one attached hydrogen (secondary N) is 2. The number of pyridine rings is 1. The van der Waals surface area contributed by atoms with Crippen molar-refractivity contribution in [3.05, 3.63) is 60.3 Å². The Morgan fingerprint density at radius 1 is 1.27 bits per heavy atom. The summed E-state index contributed by atoms with van der Waals surface area (Å²) in [5.74, 6) is -2.61. The van der Waals surface area contributed by atoms with Crippen LogP contribution in [0.15, 0.2) is 53.6 Å². The fraction of sp³-hybridized carbons (Fsp3) is 0.118. The Labute approximate surface area is 147 Å². The molecule has 2 amide bonds. The number of primary amides is 1. The Hall–Kier alpha value is -3.75. The van der Waals surface area contributed by atoms with E-state index < -0.39 is 23.6 Å². The van der Waals surface area contributed by atoms with Crippen LogP contribution in [-0.4, -0.2) is 38.8 Å². The molecule has 1 unspecified atom stereocenters. The third-order valence-electron chi connectivity index (χ3n) is 3.68. The summed E-state index contributed by atoms with van der Waals surface area (Å²) in [5.41, 5.74) is 6.75. The van der Waals surface area contributed by atoms with Crippen molar-refractivity contribution < 1.29 is 18.8 Å². The van der Waals surface area contributed by atoms with Crippen LogP contribution in [0.1, 0.15) is 15.9 Å². The summed E-state index contributed by atoms with van der Waals surface area (Å²) >= 11 is 0. The quantitative estimate of drug-likeness (QED) is 0.526. The van der Waals surface area contributed by atoms with Crippen molar-refractivity contribution in [1.82, 2.24) is 20.5 Å². The molecule has 3 aromatic heterocycles. The molecule has 3 heterocycles. The van der Waals surface area contributed by atoms with E-state index in [0.717, 1.165) is 0 Å². The van der Waals surface area contributed by atoms with Crippen molar-refractivity contribution in [1.29, 1.82) is 0 Å². The average molecular weight is 353 g/mol. The first kappa shape index (κ1) is 17.1. The lowest BCUT2D eigenvalue weighted by Crippen LogP contribution is -2.47. The van der Waals surface area contributed by atoms with Crippen LogP contribution >= 0.6 is 0 Å². The topological polar surface area (TPSA) is 144 Å². The highest BCUT2D eigenvalue weighted by Crippen LogP contribution is 2.18. The van der Waals surface area contributed by atoms with Crippen LogP contribution in [0.3, 0.4) is 0 Å². The minimum Gasteiger partial charge on any atom is -0.472 e. The maximum Gasteiger partial charge on any atom is 0.287 e. The van der Waals surface area contributed by atoms with Gasteiger partial charge in [0.2, 0.25) is 5.78 Å². The van der Waals surface area contributed by atoms with Crippen LogP contribution in [0.5, 0.6) is 0 Å². The lowest BCUT2D eigenvalue weighted by molar-refractivity contribution is -0.137. The van der Waals surface area contributed by atoms with E-state index in [1.165, 1.54) is 18.7 Å². The van der Waals surface area contributed by atoms with Crippen molar-refractivity contribution in [2.24, 2.45) is 5.73 Å². The number of H-pyrrole nitrogens is 1. The van der Waals surface area contributed by atoms with Crippen LogP contribution < -0.4 is 11.1 Å². The van der Waals surface area contributed by atoms with Crippen molar-refractivity contribution in [2.45, 2.75) is 12.5 Å². The standard InChI is InChI=1S/C17H15N5O4/c18-16(24)15(23)13(7-10-4-6-26-9-10)21-17(25)11-8-20-22-14(11)12-3-1-2-5-19-12/h1-6,8-9,13H,7H2,(H2,18,24)(H,20,22)(H,21,25). The van der Waals surface area contributed by atoms with Gasteiger partial charge in [-0.2, -0.15) is 5.10 Å². The van der Waals surface area contributed by atoms with Gasteiger partial charge in [-0.25, -0.2) is 0 Å². The lowest BCUT2D eigenvalue weighted by Gasteiger charge is -2.15. The Kier molecular flexibility index (Phi) is 4.88. The molecule has 0 bridgehead atoms. The van der Waals surface area contributed by atoms with Crippen LogP contribution in [0.25, 0.3) is 11.4 Å². The number of aromatic amines is 1. The third-order valence-corrected chi connectivity index (χ3v) is 3.68. The fourth-order valence-electron chi connectivity index (χ4n) is 2.42.